The van der Waals surface area contributed by atoms with Gasteiger partial charge in [0.25, 0.3) is 0 Å². The standard InChI is InChI=1S/C17H26BrN3OS.HI/c1-3-23(22)16-6-4-5-15(11-16)21-17(19-2)20-12-13-7-9-14(18)10-8-13;/h7-10,15-16H,3-6,11-12H2,1-2H3,(H2,19,20,21);1H. The first-order valence-corrected chi connectivity index (χ1v) is 10.4. The Labute approximate surface area is 173 Å². The first-order valence-electron chi connectivity index (χ1n) is 8.21. The molecule has 0 radical (unpaired) electrons. The first-order chi connectivity index (χ1) is 11.1. The summed E-state index contributed by atoms with van der Waals surface area (Å²) in [7, 11) is 1.10. The summed E-state index contributed by atoms with van der Waals surface area (Å²) in [4.78, 5) is 4.31. The molecule has 1 fully saturated rings. The van der Waals surface area contributed by atoms with Gasteiger partial charge in [0.05, 0.1) is 0 Å². The lowest BCUT2D eigenvalue weighted by Gasteiger charge is -2.30. The first kappa shape index (κ1) is 21.9. The molecule has 1 aromatic carbocycles. The molecule has 24 heavy (non-hydrogen) atoms. The molecular weight excluding hydrogens is 501 g/mol. The van der Waals surface area contributed by atoms with E-state index in [1.54, 1.807) is 7.05 Å². The van der Waals surface area contributed by atoms with Crippen LogP contribution in [-0.2, 0) is 17.3 Å². The zero-order valence-electron chi connectivity index (χ0n) is 14.3. The Hall–Kier alpha value is -0.150. The molecule has 1 aliphatic carbocycles. The number of hydrogen-bond donors (Lipinski definition) is 2. The van der Waals surface area contributed by atoms with Gasteiger partial charge in [-0.3, -0.25) is 9.20 Å². The van der Waals surface area contributed by atoms with Crippen molar-refractivity contribution in [2.75, 3.05) is 12.8 Å². The van der Waals surface area contributed by atoms with Crippen molar-refractivity contribution < 1.29 is 4.21 Å². The Morgan fingerprint density at radius 2 is 2.04 bits per heavy atom. The molecule has 0 heterocycles. The van der Waals surface area contributed by atoms with E-state index in [0.29, 0.717) is 11.3 Å². The number of aliphatic imine (C=N–C) groups is 1. The molecule has 0 bridgehead atoms. The van der Waals surface area contributed by atoms with Crippen LogP contribution in [0, 0.1) is 0 Å². The molecule has 0 amide bonds. The van der Waals surface area contributed by atoms with Crippen LogP contribution in [0.15, 0.2) is 33.7 Å². The number of halogens is 2. The van der Waals surface area contributed by atoms with Crippen molar-refractivity contribution in [2.45, 2.75) is 50.4 Å². The summed E-state index contributed by atoms with van der Waals surface area (Å²) in [5, 5.41) is 7.18. The van der Waals surface area contributed by atoms with Gasteiger partial charge >= 0.3 is 0 Å². The van der Waals surface area contributed by atoms with E-state index in [-0.39, 0.29) is 24.0 Å². The minimum absolute atomic E-state index is 0. The maximum absolute atomic E-state index is 12.0. The van der Waals surface area contributed by atoms with E-state index in [0.717, 1.165) is 48.4 Å². The topological polar surface area (TPSA) is 53.5 Å². The second-order valence-corrected chi connectivity index (χ2v) is 8.77. The quantitative estimate of drug-likeness (QED) is 0.348. The Bertz CT molecular complexity index is 553. The number of nitrogens with one attached hydrogen (secondary N) is 2. The smallest absolute Gasteiger partial charge is 0.191 e. The third kappa shape index (κ3) is 7.00. The predicted molar refractivity (Wildman–Crippen MR) is 118 cm³/mol. The molecule has 1 saturated carbocycles. The molecule has 2 rings (SSSR count). The van der Waals surface area contributed by atoms with Crippen LogP contribution in [0.4, 0.5) is 0 Å². The van der Waals surface area contributed by atoms with E-state index in [2.05, 4.69) is 43.7 Å². The van der Waals surface area contributed by atoms with E-state index in [1.165, 1.54) is 5.56 Å². The van der Waals surface area contributed by atoms with Crippen molar-refractivity contribution >= 4 is 56.7 Å². The van der Waals surface area contributed by atoms with Gasteiger partial charge < -0.3 is 10.6 Å². The van der Waals surface area contributed by atoms with Crippen molar-refractivity contribution in [1.82, 2.24) is 10.6 Å². The highest BCUT2D eigenvalue weighted by Gasteiger charge is 2.25. The summed E-state index contributed by atoms with van der Waals surface area (Å²) in [5.74, 6) is 1.58. The normalized spacial score (nSPS) is 22.4. The minimum atomic E-state index is -0.691. The van der Waals surface area contributed by atoms with Gasteiger partial charge in [-0.2, -0.15) is 0 Å². The number of hydrogen-bond acceptors (Lipinski definition) is 2. The number of rotatable bonds is 5. The summed E-state index contributed by atoms with van der Waals surface area (Å²) < 4.78 is 13.1. The molecule has 7 heteroatoms. The Morgan fingerprint density at radius 3 is 2.67 bits per heavy atom. The zero-order valence-corrected chi connectivity index (χ0v) is 19.0. The fraction of sp³-hybridized carbons (Fsp3) is 0.588. The molecule has 1 aromatic rings. The molecule has 2 N–H and O–H groups in total. The van der Waals surface area contributed by atoms with Gasteiger partial charge in [-0.05, 0) is 37.0 Å². The predicted octanol–water partition coefficient (Wildman–Crippen LogP) is 3.81. The molecule has 136 valence electrons. The molecule has 0 aromatic heterocycles. The maximum Gasteiger partial charge on any atom is 0.191 e. The van der Waals surface area contributed by atoms with Crippen molar-refractivity contribution in [3.8, 4) is 0 Å². The Morgan fingerprint density at radius 1 is 1.33 bits per heavy atom. The van der Waals surface area contributed by atoms with Crippen molar-refractivity contribution in [3.05, 3.63) is 34.3 Å². The zero-order chi connectivity index (χ0) is 16.7. The SMILES string of the molecule is CCS(=O)C1CCCC(NC(=NC)NCc2ccc(Br)cc2)C1.I. The van der Waals surface area contributed by atoms with Gasteiger partial charge in [0.15, 0.2) is 5.96 Å². The van der Waals surface area contributed by atoms with E-state index in [1.807, 2.05) is 19.1 Å². The average Bonchev–Trinajstić information content (AvgIpc) is 2.59. The van der Waals surface area contributed by atoms with Crippen LogP contribution >= 0.6 is 39.9 Å². The number of nitrogens with zero attached hydrogens (tertiary/aromatic N) is 1. The molecule has 3 atom stereocenters. The van der Waals surface area contributed by atoms with E-state index in [4.69, 9.17) is 0 Å². The average molecular weight is 528 g/mol. The Balaban J connectivity index is 0.00000288. The summed E-state index contributed by atoms with van der Waals surface area (Å²) in [6.07, 6.45) is 4.32. The van der Waals surface area contributed by atoms with Crippen molar-refractivity contribution in [3.63, 3.8) is 0 Å². The third-order valence-corrected chi connectivity index (χ3v) is 6.49. The molecule has 3 unspecified atom stereocenters. The molecule has 0 aliphatic heterocycles. The minimum Gasteiger partial charge on any atom is -0.354 e. The lowest BCUT2D eigenvalue weighted by molar-refractivity contribution is 0.413. The highest BCUT2D eigenvalue weighted by Crippen LogP contribution is 2.23. The van der Waals surface area contributed by atoms with E-state index in [9.17, 15) is 4.21 Å². The lowest BCUT2D eigenvalue weighted by atomic mass is 9.95. The summed E-state index contributed by atoms with van der Waals surface area (Å²) in [6.45, 7) is 2.75. The van der Waals surface area contributed by atoms with Crippen LogP contribution in [0.5, 0.6) is 0 Å². The van der Waals surface area contributed by atoms with Crippen LogP contribution in [0.3, 0.4) is 0 Å². The molecule has 4 nitrogen and oxygen atoms in total. The van der Waals surface area contributed by atoms with E-state index < -0.39 is 10.8 Å². The second-order valence-electron chi connectivity index (χ2n) is 5.85. The third-order valence-electron chi connectivity index (χ3n) is 4.22. The summed E-state index contributed by atoms with van der Waals surface area (Å²) in [5.41, 5.74) is 1.21. The summed E-state index contributed by atoms with van der Waals surface area (Å²) >= 11 is 3.45. The fourth-order valence-electron chi connectivity index (χ4n) is 2.93. The highest BCUT2D eigenvalue weighted by atomic mass is 127. The molecule has 1 aliphatic rings. The van der Waals surface area contributed by atoms with Crippen molar-refractivity contribution in [2.24, 2.45) is 4.99 Å². The molecule has 0 spiro atoms. The fourth-order valence-corrected chi connectivity index (χ4v) is 4.54. The van der Waals surface area contributed by atoms with Crippen LogP contribution in [0.25, 0.3) is 0 Å². The maximum atomic E-state index is 12.0. The summed E-state index contributed by atoms with van der Waals surface area (Å²) in [6, 6.07) is 8.62. The van der Waals surface area contributed by atoms with Gasteiger partial charge in [-0.15, -0.1) is 24.0 Å². The van der Waals surface area contributed by atoms with Gasteiger partial charge in [0.2, 0.25) is 0 Å². The van der Waals surface area contributed by atoms with Crippen LogP contribution < -0.4 is 10.6 Å². The molecule has 0 saturated heterocycles. The lowest BCUT2D eigenvalue weighted by Crippen LogP contribution is -2.46. The highest BCUT2D eigenvalue weighted by molar-refractivity contribution is 14.0. The van der Waals surface area contributed by atoms with Crippen LogP contribution in [-0.4, -0.2) is 34.3 Å². The van der Waals surface area contributed by atoms with Crippen LogP contribution in [0.1, 0.15) is 38.2 Å². The number of guanidine groups is 1. The van der Waals surface area contributed by atoms with Gasteiger partial charge in [0.1, 0.15) is 0 Å². The Kier molecular flexibility index (Phi) is 10.5. The van der Waals surface area contributed by atoms with Crippen molar-refractivity contribution in [1.29, 1.82) is 0 Å². The van der Waals surface area contributed by atoms with Gasteiger partial charge in [-0.25, -0.2) is 0 Å². The number of benzene rings is 1. The van der Waals surface area contributed by atoms with E-state index >= 15 is 0 Å². The monoisotopic (exact) mass is 527 g/mol. The second kappa shape index (κ2) is 11.5. The van der Waals surface area contributed by atoms with Gasteiger partial charge in [-0.1, -0.05) is 41.4 Å². The largest absolute Gasteiger partial charge is 0.354 e. The molecular formula is C17H27BrIN3OS. The van der Waals surface area contributed by atoms with Crippen LogP contribution in [0.2, 0.25) is 0 Å². The van der Waals surface area contributed by atoms with Gasteiger partial charge in [0, 0.05) is 45.9 Å².